The smallest absolute Gasteiger partial charge is 0.227 e. The molecule has 4 aromatic heterocycles. The molecule has 0 N–H and O–H groups in total. The minimum Gasteiger partial charge on any atom is -0.436 e. The number of nitrogens with zero attached hydrogens (tertiary/aromatic N) is 6. The normalized spacial score (nSPS) is 11.1. The molecule has 212 valence electrons. The van der Waals surface area contributed by atoms with E-state index in [9.17, 15) is 0 Å². The van der Waals surface area contributed by atoms with E-state index in [1.54, 1.807) is 12.4 Å². The summed E-state index contributed by atoms with van der Waals surface area (Å²) in [5, 5.41) is 0. The summed E-state index contributed by atoms with van der Waals surface area (Å²) >= 11 is 0. The van der Waals surface area contributed by atoms with E-state index >= 15 is 0 Å². The Morgan fingerprint density at radius 1 is 0.356 bits per heavy atom. The molecule has 0 saturated carbocycles. The van der Waals surface area contributed by atoms with Gasteiger partial charge in [0.1, 0.15) is 5.52 Å². The third-order valence-electron chi connectivity index (χ3n) is 7.53. The van der Waals surface area contributed by atoms with Crippen molar-refractivity contribution in [2.75, 3.05) is 0 Å². The number of oxazole rings is 1. The summed E-state index contributed by atoms with van der Waals surface area (Å²) in [6.07, 6.45) is 3.59. The summed E-state index contributed by atoms with van der Waals surface area (Å²) in [6, 6.07) is 43.7. The van der Waals surface area contributed by atoms with E-state index in [0.717, 1.165) is 55.9 Å². The zero-order chi connectivity index (χ0) is 30.0. The van der Waals surface area contributed by atoms with Crippen LogP contribution in [0.3, 0.4) is 0 Å². The highest BCUT2D eigenvalue weighted by molar-refractivity contribution is 5.77. The van der Waals surface area contributed by atoms with Crippen LogP contribution in [0.4, 0.5) is 0 Å². The van der Waals surface area contributed by atoms with Crippen molar-refractivity contribution in [3.05, 3.63) is 146 Å². The lowest BCUT2D eigenvalue weighted by atomic mass is 10.1. The number of pyridine rings is 2. The Morgan fingerprint density at radius 2 is 0.778 bits per heavy atom. The van der Waals surface area contributed by atoms with E-state index in [2.05, 4.69) is 15.0 Å². The van der Waals surface area contributed by atoms with Crippen molar-refractivity contribution < 1.29 is 4.42 Å². The molecule has 0 bridgehead atoms. The fraction of sp³-hybridized carbons (Fsp3) is 0. The van der Waals surface area contributed by atoms with Gasteiger partial charge in [-0.1, -0.05) is 84.9 Å². The molecule has 45 heavy (non-hydrogen) atoms. The monoisotopic (exact) mass is 580 g/mol. The molecule has 0 fully saturated rings. The second-order valence-electron chi connectivity index (χ2n) is 10.5. The fourth-order valence-electron chi connectivity index (χ4n) is 5.17. The van der Waals surface area contributed by atoms with Crippen LogP contribution in [0.2, 0.25) is 0 Å². The van der Waals surface area contributed by atoms with Gasteiger partial charge >= 0.3 is 0 Å². The molecular formula is C38H24N6O. The van der Waals surface area contributed by atoms with E-state index < -0.39 is 0 Å². The van der Waals surface area contributed by atoms with Crippen LogP contribution in [-0.2, 0) is 0 Å². The summed E-state index contributed by atoms with van der Waals surface area (Å²) in [5.41, 5.74) is 8.94. The fourth-order valence-corrected chi connectivity index (χ4v) is 5.17. The van der Waals surface area contributed by atoms with Crippen LogP contribution in [-0.4, -0.2) is 29.9 Å². The second kappa shape index (κ2) is 11.4. The molecule has 8 rings (SSSR count). The standard InChI is InChI=1S/C38H24N6O/c1-2-10-34-33(9-1)41-38(45-34)30-21-19-29(20-22-30)37-43-35(27-15-11-25(12-16-27)31-7-3-5-23-39-31)42-36(44-37)28-17-13-26(14-18-28)32-8-4-6-24-40-32/h1-24H. The van der Waals surface area contributed by atoms with Crippen LogP contribution in [0.15, 0.2) is 150 Å². The Balaban J connectivity index is 1.18. The summed E-state index contributed by atoms with van der Waals surface area (Å²) in [5.74, 6) is 2.31. The third kappa shape index (κ3) is 5.34. The average molecular weight is 581 g/mol. The largest absolute Gasteiger partial charge is 0.436 e. The summed E-state index contributed by atoms with van der Waals surface area (Å²) in [6.45, 7) is 0. The maximum atomic E-state index is 5.98. The number of para-hydroxylation sites is 2. The van der Waals surface area contributed by atoms with E-state index in [1.807, 2.05) is 133 Å². The third-order valence-corrected chi connectivity index (χ3v) is 7.53. The first-order valence-electron chi connectivity index (χ1n) is 14.5. The highest BCUT2D eigenvalue weighted by Crippen LogP contribution is 2.30. The first-order chi connectivity index (χ1) is 22.3. The predicted octanol–water partition coefficient (Wildman–Crippen LogP) is 8.80. The zero-order valence-electron chi connectivity index (χ0n) is 23.9. The predicted molar refractivity (Wildman–Crippen MR) is 176 cm³/mol. The lowest BCUT2D eigenvalue weighted by Crippen LogP contribution is -2.00. The number of aromatic nitrogens is 6. The molecule has 0 atom stereocenters. The second-order valence-corrected chi connectivity index (χ2v) is 10.5. The van der Waals surface area contributed by atoms with E-state index in [4.69, 9.17) is 19.4 Å². The number of benzene rings is 4. The minimum atomic E-state index is 0.570. The van der Waals surface area contributed by atoms with Gasteiger partial charge < -0.3 is 4.42 Å². The molecule has 0 aliphatic carbocycles. The number of rotatable bonds is 6. The van der Waals surface area contributed by atoms with Crippen molar-refractivity contribution in [1.82, 2.24) is 29.9 Å². The Hall–Kier alpha value is -6.34. The lowest BCUT2D eigenvalue weighted by molar-refractivity contribution is 0.620. The maximum absolute atomic E-state index is 5.98. The molecule has 0 aliphatic heterocycles. The SMILES string of the molecule is c1ccc(-c2ccc(-c3nc(-c4ccc(-c5ccccn5)cc4)nc(-c4ccc(-c5nc6ccccc6o5)cc4)n3)cc2)nc1. The molecule has 4 aromatic carbocycles. The molecule has 7 heteroatoms. The van der Waals surface area contributed by atoms with Crippen LogP contribution in [0.5, 0.6) is 0 Å². The van der Waals surface area contributed by atoms with Gasteiger partial charge in [0.2, 0.25) is 5.89 Å². The van der Waals surface area contributed by atoms with Gasteiger partial charge in [0, 0.05) is 45.8 Å². The maximum Gasteiger partial charge on any atom is 0.227 e. The van der Waals surface area contributed by atoms with Crippen LogP contribution >= 0.6 is 0 Å². The molecule has 0 radical (unpaired) electrons. The van der Waals surface area contributed by atoms with Crippen molar-refractivity contribution in [3.63, 3.8) is 0 Å². The van der Waals surface area contributed by atoms with Crippen molar-refractivity contribution in [1.29, 1.82) is 0 Å². The van der Waals surface area contributed by atoms with Crippen LogP contribution in [0, 0.1) is 0 Å². The molecule has 4 heterocycles. The Morgan fingerprint density at radius 3 is 1.22 bits per heavy atom. The number of hydrogen-bond donors (Lipinski definition) is 0. The molecular weight excluding hydrogens is 556 g/mol. The molecule has 7 nitrogen and oxygen atoms in total. The van der Waals surface area contributed by atoms with Gasteiger partial charge in [-0.25, -0.2) is 19.9 Å². The summed E-state index contributed by atoms with van der Waals surface area (Å²) in [4.78, 5) is 28.3. The van der Waals surface area contributed by atoms with Crippen LogP contribution in [0.1, 0.15) is 0 Å². The summed E-state index contributed by atoms with van der Waals surface area (Å²) < 4.78 is 5.98. The van der Waals surface area contributed by atoms with E-state index in [-0.39, 0.29) is 0 Å². The molecule has 0 aliphatic rings. The van der Waals surface area contributed by atoms with Crippen LogP contribution < -0.4 is 0 Å². The first kappa shape index (κ1) is 26.3. The van der Waals surface area contributed by atoms with Gasteiger partial charge in [-0.2, -0.15) is 0 Å². The van der Waals surface area contributed by atoms with Gasteiger partial charge in [0.05, 0.1) is 11.4 Å². The molecule has 0 amide bonds. The average Bonchev–Trinajstić information content (AvgIpc) is 3.57. The van der Waals surface area contributed by atoms with Gasteiger partial charge in [0.15, 0.2) is 23.1 Å². The van der Waals surface area contributed by atoms with Gasteiger partial charge in [-0.3, -0.25) is 9.97 Å². The Kier molecular flexibility index (Phi) is 6.66. The quantitative estimate of drug-likeness (QED) is 0.194. The molecule has 0 spiro atoms. The lowest BCUT2D eigenvalue weighted by Gasteiger charge is -2.10. The van der Waals surface area contributed by atoms with Gasteiger partial charge in [-0.15, -0.1) is 0 Å². The number of hydrogen-bond acceptors (Lipinski definition) is 7. The van der Waals surface area contributed by atoms with Crippen molar-refractivity contribution in [3.8, 4) is 68.1 Å². The Labute approximate surface area is 259 Å². The van der Waals surface area contributed by atoms with E-state index in [0.29, 0.717) is 23.4 Å². The van der Waals surface area contributed by atoms with Crippen molar-refractivity contribution in [2.45, 2.75) is 0 Å². The van der Waals surface area contributed by atoms with Crippen LogP contribution in [0.25, 0.3) is 79.2 Å². The molecule has 0 saturated heterocycles. The van der Waals surface area contributed by atoms with E-state index in [1.165, 1.54) is 0 Å². The highest BCUT2D eigenvalue weighted by atomic mass is 16.3. The van der Waals surface area contributed by atoms with Gasteiger partial charge in [0.25, 0.3) is 0 Å². The first-order valence-corrected chi connectivity index (χ1v) is 14.5. The van der Waals surface area contributed by atoms with Gasteiger partial charge in [-0.05, 0) is 48.5 Å². The van der Waals surface area contributed by atoms with Crippen molar-refractivity contribution in [2.24, 2.45) is 0 Å². The number of fused-ring (bicyclic) bond motifs is 1. The van der Waals surface area contributed by atoms with Crippen molar-refractivity contribution >= 4 is 11.1 Å². The minimum absolute atomic E-state index is 0.570. The topological polar surface area (TPSA) is 90.5 Å². The zero-order valence-corrected chi connectivity index (χ0v) is 23.9. The molecule has 8 aromatic rings. The summed E-state index contributed by atoms with van der Waals surface area (Å²) in [7, 11) is 0. The molecule has 0 unspecified atom stereocenters. The highest BCUT2D eigenvalue weighted by Gasteiger charge is 2.14. The Bertz CT molecular complexity index is 2100.